The number of nitrogens with one attached hydrogen (secondary N) is 1. The highest BCUT2D eigenvalue weighted by atomic mass is 35.5. The fourth-order valence-electron chi connectivity index (χ4n) is 2.45. The van der Waals surface area contributed by atoms with E-state index >= 15 is 0 Å². The van der Waals surface area contributed by atoms with Gasteiger partial charge in [0.05, 0.1) is 38.0 Å². The lowest BCUT2D eigenvalue weighted by Crippen LogP contribution is -2.16. The zero-order valence-corrected chi connectivity index (χ0v) is 15.6. The van der Waals surface area contributed by atoms with E-state index in [-0.39, 0.29) is 18.9 Å². The fraction of sp³-hybridized carbons (Fsp3) is 0.316. The van der Waals surface area contributed by atoms with Gasteiger partial charge in [0.2, 0.25) is 5.91 Å². The summed E-state index contributed by atoms with van der Waals surface area (Å²) in [7, 11) is 3.02. The zero-order valence-electron chi connectivity index (χ0n) is 14.8. The molecule has 0 radical (unpaired) electrons. The molecule has 0 fully saturated rings. The van der Waals surface area contributed by atoms with Crippen LogP contribution in [-0.2, 0) is 4.79 Å². The van der Waals surface area contributed by atoms with Crippen LogP contribution < -0.4 is 19.5 Å². The molecule has 0 atom stereocenters. The molecular weight excluding hydrogens is 342 g/mol. The Morgan fingerprint density at radius 3 is 2.24 bits per heavy atom. The molecule has 134 valence electrons. The number of carbonyl (C=O) groups is 1. The van der Waals surface area contributed by atoms with Crippen LogP contribution in [0.3, 0.4) is 0 Å². The van der Waals surface area contributed by atoms with Crippen LogP contribution in [0.1, 0.15) is 17.5 Å². The van der Waals surface area contributed by atoms with Gasteiger partial charge in [-0.15, -0.1) is 0 Å². The molecule has 25 heavy (non-hydrogen) atoms. The Balaban J connectivity index is 1.96. The van der Waals surface area contributed by atoms with Crippen molar-refractivity contribution in [2.45, 2.75) is 20.3 Å². The number of carbonyl (C=O) groups excluding carboxylic acids is 1. The lowest BCUT2D eigenvalue weighted by Gasteiger charge is -2.13. The van der Waals surface area contributed by atoms with Crippen molar-refractivity contribution < 1.29 is 19.0 Å². The summed E-state index contributed by atoms with van der Waals surface area (Å²) in [6.45, 7) is 4.29. The van der Waals surface area contributed by atoms with Gasteiger partial charge >= 0.3 is 0 Å². The van der Waals surface area contributed by atoms with E-state index in [1.807, 2.05) is 26.0 Å². The largest absolute Gasteiger partial charge is 0.495 e. The second-order valence-corrected chi connectivity index (χ2v) is 6.06. The minimum absolute atomic E-state index is 0.188. The Morgan fingerprint density at radius 1 is 1.00 bits per heavy atom. The van der Waals surface area contributed by atoms with Gasteiger partial charge in [-0.05, 0) is 37.1 Å². The Hall–Kier alpha value is -2.40. The van der Waals surface area contributed by atoms with Crippen molar-refractivity contribution in [3.8, 4) is 17.2 Å². The lowest BCUT2D eigenvalue weighted by atomic mass is 10.1. The Bertz CT molecular complexity index is 741. The van der Waals surface area contributed by atoms with Crippen LogP contribution in [0.5, 0.6) is 17.2 Å². The molecule has 0 bridgehead atoms. The maximum Gasteiger partial charge on any atom is 0.227 e. The number of hydrogen-bond acceptors (Lipinski definition) is 4. The molecule has 2 aromatic rings. The van der Waals surface area contributed by atoms with Gasteiger partial charge in [0.25, 0.3) is 0 Å². The summed E-state index contributed by atoms with van der Waals surface area (Å²) in [6, 6.07) is 9.18. The van der Waals surface area contributed by atoms with E-state index in [4.69, 9.17) is 25.8 Å². The highest BCUT2D eigenvalue weighted by Gasteiger charge is 2.12. The molecule has 0 aliphatic heterocycles. The van der Waals surface area contributed by atoms with E-state index in [1.54, 1.807) is 12.1 Å². The molecule has 0 spiro atoms. The standard InChI is InChI=1S/C19H22ClNO4/c1-12-7-13(2)9-14(8-12)25-6-5-19(22)21-16-11-17(23-3)15(20)10-18(16)24-4/h7-11H,5-6H2,1-4H3,(H,21,22). The number of amides is 1. The van der Waals surface area contributed by atoms with E-state index in [0.717, 1.165) is 16.9 Å². The minimum atomic E-state index is -0.188. The average molecular weight is 364 g/mol. The summed E-state index contributed by atoms with van der Waals surface area (Å²) in [5.74, 6) is 1.50. The lowest BCUT2D eigenvalue weighted by molar-refractivity contribution is -0.116. The van der Waals surface area contributed by atoms with Gasteiger partial charge in [-0.1, -0.05) is 17.7 Å². The highest BCUT2D eigenvalue weighted by Crippen LogP contribution is 2.35. The molecule has 6 heteroatoms. The Labute approximate surface area is 152 Å². The zero-order chi connectivity index (χ0) is 18.4. The van der Waals surface area contributed by atoms with Crippen LogP contribution in [0.2, 0.25) is 5.02 Å². The smallest absolute Gasteiger partial charge is 0.227 e. The molecule has 1 amide bonds. The van der Waals surface area contributed by atoms with Gasteiger partial charge in [0.1, 0.15) is 17.2 Å². The summed E-state index contributed by atoms with van der Waals surface area (Å²) in [5, 5.41) is 3.20. The second kappa shape index (κ2) is 8.62. The van der Waals surface area contributed by atoms with Crippen molar-refractivity contribution in [3.63, 3.8) is 0 Å². The molecule has 0 heterocycles. The molecule has 0 aliphatic carbocycles. The number of anilines is 1. The Kier molecular flexibility index (Phi) is 6.53. The van der Waals surface area contributed by atoms with E-state index < -0.39 is 0 Å². The molecule has 0 unspecified atom stereocenters. The predicted octanol–water partition coefficient (Wildman–Crippen LogP) is 4.38. The van der Waals surface area contributed by atoms with Crippen LogP contribution in [0.15, 0.2) is 30.3 Å². The third-order valence-corrected chi connectivity index (χ3v) is 3.84. The van der Waals surface area contributed by atoms with E-state index in [0.29, 0.717) is 22.2 Å². The van der Waals surface area contributed by atoms with Crippen LogP contribution in [0.4, 0.5) is 5.69 Å². The highest BCUT2D eigenvalue weighted by molar-refractivity contribution is 6.32. The number of ether oxygens (including phenoxy) is 3. The summed E-state index contributed by atoms with van der Waals surface area (Å²) < 4.78 is 16.1. The summed E-state index contributed by atoms with van der Waals surface area (Å²) in [5.41, 5.74) is 2.75. The van der Waals surface area contributed by atoms with Crippen molar-refractivity contribution in [1.29, 1.82) is 0 Å². The Morgan fingerprint density at radius 2 is 1.64 bits per heavy atom. The van der Waals surface area contributed by atoms with Gasteiger partial charge < -0.3 is 19.5 Å². The number of halogens is 1. The van der Waals surface area contributed by atoms with Crippen LogP contribution >= 0.6 is 11.6 Å². The quantitative estimate of drug-likeness (QED) is 0.793. The number of aryl methyl sites for hydroxylation is 2. The first-order chi connectivity index (χ1) is 11.9. The van der Waals surface area contributed by atoms with Crippen molar-refractivity contribution in [2.24, 2.45) is 0 Å². The maximum absolute atomic E-state index is 12.2. The number of methoxy groups -OCH3 is 2. The normalized spacial score (nSPS) is 10.3. The van der Waals surface area contributed by atoms with Crippen molar-refractivity contribution in [1.82, 2.24) is 0 Å². The van der Waals surface area contributed by atoms with Gasteiger partial charge in [-0.3, -0.25) is 4.79 Å². The topological polar surface area (TPSA) is 56.8 Å². The SMILES string of the molecule is COc1cc(NC(=O)CCOc2cc(C)cc(C)c2)c(OC)cc1Cl. The third-order valence-electron chi connectivity index (χ3n) is 3.54. The maximum atomic E-state index is 12.2. The number of hydrogen-bond donors (Lipinski definition) is 1. The van der Waals surface area contributed by atoms with E-state index in [9.17, 15) is 4.79 Å². The monoisotopic (exact) mass is 363 g/mol. The molecule has 0 aromatic heterocycles. The van der Waals surface area contributed by atoms with Crippen molar-refractivity contribution >= 4 is 23.2 Å². The summed E-state index contributed by atoms with van der Waals surface area (Å²) in [6.07, 6.45) is 0.209. The summed E-state index contributed by atoms with van der Waals surface area (Å²) >= 11 is 6.06. The van der Waals surface area contributed by atoms with Gasteiger partial charge in [-0.2, -0.15) is 0 Å². The molecule has 5 nitrogen and oxygen atoms in total. The minimum Gasteiger partial charge on any atom is -0.495 e. The van der Waals surface area contributed by atoms with Crippen LogP contribution in [-0.4, -0.2) is 26.7 Å². The molecule has 1 N–H and O–H groups in total. The predicted molar refractivity (Wildman–Crippen MR) is 99.2 cm³/mol. The van der Waals surface area contributed by atoms with Crippen LogP contribution in [0, 0.1) is 13.8 Å². The van der Waals surface area contributed by atoms with Crippen LogP contribution in [0.25, 0.3) is 0 Å². The first-order valence-corrected chi connectivity index (χ1v) is 8.23. The van der Waals surface area contributed by atoms with Gasteiger partial charge in [0, 0.05) is 12.1 Å². The second-order valence-electron chi connectivity index (χ2n) is 5.66. The molecule has 2 aromatic carbocycles. The number of benzene rings is 2. The first-order valence-electron chi connectivity index (χ1n) is 7.85. The van der Waals surface area contributed by atoms with E-state index in [1.165, 1.54) is 14.2 Å². The average Bonchev–Trinajstić information content (AvgIpc) is 2.55. The molecular formula is C19H22ClNO4. The molecule has 0 aliphatic rings. The van der Waals surface area contributed by atoms with Gasteiger partial charge in [-0.25, -0.2) is 0 Å². The fourth-order valence-corrected chi connectivity index (χ4v) is 2.68. The summed E-state index contributed by atoms with van der Waals surface area (Å²) in [4.78, 5) is 12.2. The number of rotatable bonds is 7. The van der Waals surface area contributed by atoms with E-state index in [2.05, 4.69) is 11.4 Å². The third kappa shape index (κ3) is 5.29. The van der Waals surface area contributed by atoms with Crippen molar-refractivity contribution in [3.05, 3.63) is 46.5 Å². The van der Waals surface area contributed by atoms with Crippen molar-refractivity contribution in [2.75, 3.05) is 26.1 Å². The molecule has 0 saturated carbocycles. The van der Waals surface area contributed by atoms with Gasteiger partial charge in [0.15, 0.2) is 0 Å². The first kappa shape index (κ1) is 18.9. The molecule has 2 rings (SSSR count). The molecule has 0 saturated heterocycles.